The summed E-state index contributed by atoms with van der Waals surface area (Å²) in [5, 5.41) is 12.9. The topological polar surface area (TPSA) is 141 Å². The van der Waals surface area contributed by atoms with Crippen molar-refractivity contribution in [1.29, 1.82) is 0 Å². The number of hydrogen-bond acceptors (Lipinski definition) is 7. The Morgan fingerprint density at radius 1 is 1.03 bits per heavy atom. The van der Waals surface area contributed by atoms with Gasteiger partial charge >= 0.3 is 0 Å². The minimum atomic E-state index is -0.267. The van der Waals surface area contributed by atoms with Gasteiger partial charge in [-0.1, -0.05) is 12.1 Å². The van der Waals surface area contributed by atoms with Crippen LogP contribution in [0, 0.1) is 0 Å². The van der Waals surface area contributed by atoms with Crippen LogP contribution in [0.15, 0.2) is 53.2 Å². The summed E-state index contributed by atoms with van der Waals surface area (Å²) in [6.07, 6.45) is 0. The molecule has 0 aliphatic heterocycles. The summed E-state index contributed by atoms with van der Waals surface area (Å²) >= 11 is 0. The molecule has 0 fully saturated rings. The summed E-state index contributed by atoms with van der Waals surface area (Å²) in [6.45, 7) is 1.41. The molecule has 4 aromatic rings. The second kappa shape index (κ2) is 7.43. The zero-order chi connectivity index (χ0) is 20.4. The molecule has 10 heteroatoms. The Morgan fingerprint density at radius 2 is 1.72 bits per heavy atom. The third-order valence-electron chi connectivity index (χ3n) is 4.17. The van der Waals surface area contributed by atoms with Crippen molar-refractivity contribution in [2.75, 3.05) is 16.4 Å². The highest BCUT2D eigenvalue weighted by molar-refractivity contribution is 5.93. The number of carbonyl (C=O) groups is 2. The number of carbonyl (C=O) groups excluding carboxylic acids is 2. The van der Waals surface area contributed by atoms with Crippen molar-refractivity contribution in [3.05, 3.63) is 48.5 Å². The molecule has 2 amide bonds. The Hall–Kier alpha value is -4.21. The van der Waals surface area contributed by atoms with E-state index < -0.39 is 0 Å². The van der Waals surface area contributed by atoms with E-state index in [1.165, 1.54) is 6.92 Å². The standard InChI is InChI=1S/C19H17N7O3/c1-11(27)21-12-6-8-13(9-7-12)22-16(28)10-26-15-5-3-2-4-14(15)23-19(26)17-18(20)25-29-24-17/h2-9H,10H2,1H3,(H2,20,25)(H,21,27)(H,22,28). The van der Waals surface area contributed by atoms with Gasteiger partial charge in [-0.3, -0.25) is 9.59 Å². The first-order valence-electron chi connectivity index (χ1n) is 8.72. The molecule has 2 aromatic heterocycles. The van der Waals surface area contributed by atoms with E-state index in [0.29, 0.717) is 22.7 Å². The molecule has 146 valence electrons. The molecule has 4 rings (SSSR count). The van der Waals surface area contributed by atoms with Crippen LogP contribution in [-0.4, -0.2) is 31.7 Å². The molecule has 4 N–H and O–H groups in total. The maximum absolute atomic E-state index is 12.7. The molecular weight excluding hydrogens is 374 g/mol. The average Bonchev–Trinajstić information content (AvgIpc) is 3.26. The van der Waals surface area contributed by atoms with Crippen molar-refractivity contribution < 1.29 is 14.2 Å². The summed E-state index contributed by atoms with van der Waals surface area (Å²) in [7, 11) is 0. The van der Waals surface area contributed by atoms with Crippen LogP contribution in [0.5, 0.6) is 0 Å². The smallest absolute Gasteiger partial charge is 0.244 e. The summed E-state index contributed by atoms with van der Waals surface area (Å²) in [6, 6.07) is 14.2. The molecule has 0 aliphatic rings. The number of benzene rings is 2. The van der Waals surface area contributed by atoms with Crippen LogP contribution in [0.2, 0.25) is 0 Å². The monoisotopic (exact) mass is 391 g/mol. The summed E-state index contributed by atoms with van der Waals surface area (Å²) in [5.41, 5.74) is 8.77. The molecule has 0 spiro atoms. The lowest BCUT2D eigenvalue weighted by molar-refractivity contribution is -0.116. The molecule has 2 heterocycles. The van der Waals surface area contributed by atoms with Crippen LogP contribution in [0.25, 0.3) is 22.6 Å². The van der Waals surface area contributed by atoms with Crippen molar-refractivity contribution in [3.8, 4) is 11.5 Å². The molecule has 0 aliphatic carbocycles. The molecular formula is C19H17N7O3. The van der Waals surface area contributed by atoms with Crippen LogP contribution < -0.4 is 16.4 Å². The predicted molar refractivity (Wildman–Crippen MR) is 107 cm³/mol. The number of imidazole rings is 1. The Morgan fingerprint density at radius 3 is 2.38 bits per heavy atom. The second-order valence-electron chi connectivity index (χ2n) is 6.32. The molecule has 0 atom stereocenters. The van der Waals surface area contributed by atoms with E-state index in [0.717, 1.165) is 5.52 Å². The number of para-hydroxylation sites is 2. The number of aromatic nitrogens is 4. The highest BCUT2D eigenvalue weighted by Gasteiger charge is 2.20. The zero-order valence-corrected chi connectivity index (χ0v) is 15.4. The van der Waals surface area contributed by atoms with Gasteiger partial charge in [0.05, 0.1) is 11.0 Å². The zero-order valence-electron chi connectivity index (χ0n) is 15.4. The summed E-state index contributed by atoms with van der Waals surface area (Å²) in [4.78, 5) is 28.3. The van der Waals surface area contributed by atoms with E-state index in [1.807, 2.05) is 24.3 Å². The Kier molecular flexibility index (Phi) is 4.65. The van der Waals surface area contributed by atoms with Gasteiger partial charge in [-0.2, -0.15) is 0 Å². The number of nitrogen functional groups attached to an aromatic ring is 1. The number of nitrogens with zero attached hydrogens (tertiary/aromatic N) is 4. The van der Waals surface area contributed by atoms with E-state index in [2.05, 4.69) is 30.6 Å². The molecule has 29 heavy (non-hydrogen) atoms. The van der Waals surface area contributed by atoms with Gasteiger partial charge < -0.3 is 20.9 Å². The number of rotatable bonds is 5. The molecule has 10 nitrogen and oxygen atoms in total. The SMILES string of the molecule is CC(=O)Nc1ccc(NC(=O)Cn2c(-c3nonc3N)nc3ccccc32)cc1. The van der Waals surface area contributed by atoms with Gasteiger partial charge in [0.15, 0.2) is 17.3 Å². The molecule has 0 bridgehead atoms. The van der Waals surface area contributed by atoms with Crippen molar-refractivity contribution in [1.82, 2.24) is 19.9 Å². The minimum Gasteiger partial charge on any atom is -0.379 e. The predicted octanol–water partition coefficient (Wildman–Crippen LogP) is 2.27. The quantitative estimate of drug-likeness (QED) is 0.474. The molecule has 0 saturated carbocycles. The fourth-order valence-electron chi connectivity index (χ4n) is 2.95. The van der Waals surface area contributed by atoms with E-state index in [-0.39, 0.29) is 29.9 Å². The largest absolute Gasteiger partial charge is 0.379 e. The van der Waals surface area contributed by atoms with Gasteiger partial charge in [-0.05, 0) is 46.7 Å². The average molecular weight is 391 g/mol. The van der Waals surface area contributed by atoms with Crippen LogP contribution in [0.4, 0.5) is 17.2 Å². The fourth-order valence-corrected chi connectivity index (χ4v) is 2.95. The third-order valence-corrected chi connectivity index (χ3v) is 4.17. The van der Waals surface area contributed by atoms with Crippen molar-refractivity contribution in [2.24, 2.45) is 0 Å². The summed E-state index contributed by atoms with van der Waals surface area (Å²) < 4.78 is 6.38. The van der Waals surface area contributed by atoms with Crippen molar-refractivity contribution in [3.63, 3.8) is 0 Å². The normalized spacial score (nSPS) is 10.8. The number of fused-ring (bicyclic) bond motifs is 1. The Bertz CT molecular complexity index is 1190. The summed E-state index contributed by atoms with van der Waals surface area (Å²) in [5.74, 6) is 0.0521. The van der Waals surface area contributed by atoms with Crippen molar-refractivity contribution in [2.45, 2.75) is 13.5 Å². The first-order chi connectivity index (χ1) is 14.0. The maximum Gasteiger partial charge on any atom is 0.244 e. The van der Waals surface area contributed by atoms with E-state index in [4.69, 9.17) is 5.73 Å². The highest BCUT2D eigenvalue weighted by atomic mass is 16.6. The Labute approximate surface area is 164 Å². The van der Waals surface area contributed by atoms with E-state index >= 15 is 0 Å². The number of nitrogens with one attached hydrogen (secondary N) is 2. The van der Waals surface area contributed by atoms with Gasteiger partial charge in [-0.15, -0.1) is 0 Å². The number of nitrogens with two attached hydrogens (primary N) is 1. The highest BCUT2D eigenvalue weighted by Crippen LogP contribution is 2.26. The molecule has 0 radical (unpaired) electrons. The van der Waals surface area contributed by atoms with Crippen LogP contribution in [0.1, 0.15) is 6.92 Å². The van der Waals surface area contributed by atoms with Crippen molar-refractivity contribution >= 4 is 40.0 Å². The van der Waals surface area contributed by atoms with E-state index in [9.17, 15) is 9.59 Å². The minimum absolute atomic E-state index is 0.0183. The maximum atomic E-state index is 12.7. The van der Waals surface area contributed by atoms with Gasteiger partial charge in [-0.25, -0.2) is 9.61 Å². The molecule has 0 unspecified atom stereocenters. The lowest BCUT2D eigenvalue weighted by Crippen LogP contribution is -2.19. The first-order valence-corrected chi connectivity index (χ1v) is 8.72. The lowest BCUT2D eigenvalue weighted by atomic mass is 10.2. The van der Waals surface area contributed by atoms with Gasteiger partial charge in [0, 0.05) is 18.3 Å². The number of anilines is 3. The fraction of sp³-hybridized carbons (Fsp3) is 0.105. The van der Waals surface area contributed by atoms with Gasteiger partial charge in [0.25, 0.3) is 0 Å². The van der Waals surface area contributed by atoms with Crippen LogP contribution in [-0.2, 0) is 16.1 Å². The van der Waals surface area contributed by atoms with E-state index in [1.54, 1.807) is 28.8 Å². The van der Waals surface area contributed by atoms with Crippen LogP contribution >= 0.6 is 0 Å². The van der Waals surface area contributed by atoms with Gasteiger partial charge in [0.1, 0.15) is 6.54 Å². The first kappa shape index (κ1) is 18.2. The Balaban J connectivity index is 1.59. The van der Waals surface area contributed by atoms with Crippen LogP contribution in [0.3, 0.4) is 0 Å². The number of amides is 2. The van der Waals surface area contributed by atoms with Gasteiger partial charge in [0.2, 0.25) is 11.8 Å². The third kappa shape index (κ3) is 3.76. The molecule has 0 saturated heterocycles. The second-order valence-corrected chi connectivity index (χ2v) is 6.32. The number of hydrogen-bond donors (Lipinski definition) is 3. The lowest BCUT2D eigenvalue weighted by Gasteiger charge is -2.10. The molecule has 2 aromatic carbocycles.